The minimum absolute atomic E-state index is 0.0505. The lowest BCUT2D eigenvalue weighted by atomic mass is 9.89. The standard InChI is InChI=1S/C17H25N3O/c1-5-7-8-14(6-2)10-16(21)15(11-18)17-19-12(3)9-13(4)20-17/h9,14-15H,5-8,10H2,1-4H3/t14-,15+/m0/s1. The smallest absolute Gasteiger partial charge is 0.164 e. The molecule has 0 amide bonds. The highest BCUT2D eigenvalue weighted by Gasteiger charge is 2.25. The van der Waals surface area contributed by atoms with Crippen LogP contribution < -0.4 is 0 Å². The molecular weight excluding hydrogens is 262 g/mol. The highest BCUT2D eigenvalue weighted by Crippen LogP contribution is 2.22. The van der Waals surface area contributed by atoms with Crippen molar-refractivity contribution in [3.63, 3.8) is 0 Å². The zero-order chi connectivity index (χ0) is 15.8. The molecule has 0 saturated heterocycles. The van der Waals surface area contributed by atoms with Crippen LogP contribution in [0.15, 0.2) is 6.07 Å². The fourth-order valence-corrected chi connectivity index (χ4v) is 2.50. The van der Waals surface area contributed by atoms with Gasteiger partial charge in [0.15, 0.2) is 17.5 Å². The van der Waals surface area contributed by atoms with E-state index in [9.17, 15) is 10.1 Å². The maximum atomic E-state index is 12.4. The van der Waals surface area contributed by atoms with Crippen molar-refractivity contribution in [2.45, 2.75) is 65.7 Å². The second kappa shape index (κ2) is 8.51. The molecule has 4 heteroatoms. The molecule has 2 atom stereocenters. The van der Waals surface area contributed by atoms with E-state index in [2.05, 4.69) is 29.9 Å². The zero-order valence-corrected chi connectivity index (χ0v) is 13.5. The molecule has 1 aromatic rings. The molecule has 0 aliphatic rings. The zero-order valence-electron chi connectivity index (χ0n) is 13.5. The number of aryl methyl sites for hydroxylation is 2. The van der Waals surface area contributed by atoms with E-state index in [4.69, 9.17) is 0 Å². The number of nitrogens with zero attached hydrogens (tertiary/aromatic N) is 3. The second-order valence-corrected chi connectivity index (χ2v) is 5.66. The average molecular weight is 287 g/mol. The third kappa shape index (κ3) is 5.26. The summed E-state index contributed by atoms with van der Waals surface area (Å²) in [6.45, 7) is 7.96. The van der Waals surface area contributed by atoms with E-state index in [1.807, 2.05) is 19.9 Å². The van der Waals surface area contributed by atoms with E-state index >= 15 is 0 Å². The van der Waals surface area contributed by atoms with Gasteiger partial charge >= 0.3 is 0 Å². The predicted octanol–water partition coefficient (Wildman–Crippen LogP) is 3.88. The van der Waals surface area contributed by atoms with E-state index in [0.717, 1.165) is 37.1 Å². The van der Waals surface area contributed by atoms with Crippen LogP contribution in [0.4, 0.5) is 0 Å². The summed E-state index contributed by atoms with van der Waals surface area (Å²) in [6, 6.07) is 3.93. The summed E-state index contributed by atoms with van der Waals surface area (Å²) in [5.74, 6) is -0.172. The lowest BCUT2D eigenvalue weighted by molar-refractivity contribution is -0.120. The van der Waals surface area contributed by atoms with Gasteiger partial charge in [0.05, 0.1) is 6.07 Å². The van der Waals surface area contributed by atoms with E-state index in [0.29, 0.717) is 18.2 Å². The Morgan fingerprint density at radius 3 is 2.38 bits per heavy atom. The van der Waals surface area contributed by atoms with E-state index < -0.39 is 5.92 Å². The summed E-state index contributed by atoms with van der Waals surface area (Å²) in [5, 5.41) is 9.34. The molecular formula is C17H25N3O. The first-order valence-corrected chi connectivity index (χ1v) is 7.76. The Hall–Kier alpha value is -1.76. The van der Waals surface area contributed by atoms with Crippen LogP contribution in [0.25, 0.3) is 0 Å². The Balaban J connectivity index is 2.84. The van der Waals surface area contributed by atoms with Crippen LogP contribution in [0.5, 0.6) is 0 Å². The predicted molar refractivity (Wildman–Crippen MR) is 82.8 cm³/mol. The number of carbonyl (C=O) groups excluding carboxylic acids is 1. The summed E-state index contributed by atoms with van der Waals surface area (Å²) in [6.07, 6.45) is 4.73. The van der Waals surface area contributed by atoms with Gasteiger partial charge in [0.25, 0.3) is 0 Å². The van der Waals surface area contributed by atoms with Crippen molar-refractivity contribution < 1.29 is 4.79 Å². The van der Waals surface area contributed by atoms with Crippen LogP contribution >= 0.6 is 0 Å². The molecule has 0 aliphatic heterocycles. The van der Waals surface area contributed by atoms with Gasteiger partial charge < -0.3 is 0 Å². The Labute approximate surface area is 127 Å². The quantitative estimate of drug-likeness (QED) is 0.727. The number of nitriles is 1. The van der Waals surface area contributed by atoms with Gasteiger partial charge in [-0.1, -0.05) is 39.5 Å². The minimum Gasteiger partial charge on any atom is -0.298 e. The topological polar surface area (TPSA) is 66.6 Å². The summed E-state index contributed by atoms with van der Waals surface area (Å²) in [4.78, 5) is 21.0. The summed E-state index contributed by atoms with van der Waals surface area (Å²) in [7, 11) is 0. The number of hydrogen-bond acceptors (Lipinski definition) is 4. The van der Waals surface area contributed by atoms with Crippen molar-refractivity contribution >= 4 is 5.78 Å². The number of ketones is 1. The molecule has 0 spiro atoms. The van der Waals surface area contributed by atoms with Crippen molar-refractivity contribution in [2.24, 2.45) is 5.92 Å². The Morgan fingerprint density at radius 1 is 1.29 bits per heavy atom. The van der Waals surface area contributed by atoms with Crippen LogP contribution in [0.1, 0.15) is 69.1 Å². The number of Topliss-reactive ketones (excluding diaryl/α,β-unsaturated/α-hetero) is 1. The van der Waals surface area contributed by atoms with Gasteiger partial charge in [-0.3, -0.25) is 4.79 Å². The highest BCUT2D eigenvalue weighted by atomic mass is 16.1. The number of unbranched alkanes of at least 4 members (excludes halogenated alkanes) is 1. The van der Waals surface area contributed by atoms with Gasteiger partial charge in [0.2, 0.25) is 0 Å². The molecule has 21 heavy (non-hydrogen) atoms. The van der Waals surface area contributed by atoms with Crippen LogP contribution in [0.3, 0.4) is 0 Å². The van der Waals surface area contributed by atoms with Crippen LogP contribution in [-0.2, 0) is 4.79 Å². The van der Waals surface area contributed by atoms with Crippen molar-refractivity contribution in [3.8, 4) is 6.07 Å². The van der Waals surface area contributed by atoms with Gasteiger partial charge in [-0.25, -0.2) is 9.97 Å². The van der Waals surface area contributed by atoms with Crippen molar-refractivity contribution in [1.82, 2.24) is 9.97 Å². The second-order valence-electron chi connectivity index (χ2n) is 5.66. The SMILES string of the molecule is CCCC[C@H](CC)CC(=O)[C@@H](C#N)c1nc(C)cc(C)n1. The lowest BCUT2D eigenvalue weighted by Gasteiger charge is -2.15. The highest BCUT2D eigenvalue weighted by molar-refractivity contribution is 5.87. The number of rotatable bonds is 8. The van der Waals surface area contributed by atoms with Gasteiger partial charge in [0.1, 0.15) is 0 Å². The maximum Gasteiger partial charge on any atom is 0.164 e. The molecule has 1 heterocycles. The fourth-order valence-electron chi connectivity index (χ4n) is 2.50. The minimum atomic E-state index is -0.834. The lowest BCUT2D eigenvalue weighted by Crippen LogP contribution is -2.18. The first-order valence-electron chi connectivity index (χ1n) is 7.76. The number of aromatic nitrogens is 2. The average Bonchev–Trinajstić information content (AvgIpc) is 2.43. The molecule has 0 N–H and O–H groups in total. The van der Waals surface area contributed by atoms with Gasteiger partial charge in [-0.05, 0) is 25.8 Å². The van der Waals surface area contributed by atoms with E-state index in [1.165, 1.54) is 0 Å². The number of hydrogen-bond donors (Lipinski definition) is 0. The van der Waals surface area contributed by atoms with Gasteiger partial charge in [0, 0.05) is 17.8 Å². The molecule has 0 unspecified atom stereocenters. The summed E-state index contributed by atoms with van der Waals surface area (Å²) >= 11 is 0. The molecule has 114 valence electrons. The fraction of sp³-hybridized carbons (Fsp3) is 0.647. The van der Waals surface area contributed by atoms with E-state index in [-0.39, 0.29) is 5.78 Å². The third-order valence-corrected chi connectivity index (χ3v) is 3.74. The van der Waals surface area contributed by atoms with Crippen LogP contribution in [0.2, 0.25) is 0 Å². The summed E-state index contributed by atoms with van der Waals surface area (Å²) < 4.78 is 0. The monoisotopic (exact) mass is 287 g/mol. The van der Waals surface area contributed by atoms with E-state index in [1.54, 1.807) is 0 Å². The Morgan fingerprint density at radius 2 is 1.90 bits per heavy atom. The summed E-state index contributed by atoms with van der Waals surface area (Å²) in [5.41, 5.74) is 1.59. The van der Waals surface area contributed by atoms with Crippen molar-refractivity contribution in [3.05, 3.63) is 23.3 Å². The Kier molecular flexibility index (Phi) is 7.01. The largest absolute Gasteiger partial charge is 0.298 e. The molecule has 0 aliphatic carbocycles. The van der Waals surface area contributed by atoms with Crippen LogP contribution in [-0.4, -0.2) is 15.8 Å². The molecule has 0 bridgehead atoms. The number of carbonyl (C=O) groups is 1. The molecule has 0 fully saturated rings. The maximum absolute atomic E-state index is 12.4. The molecule has 0 radical (unpaired) electrons. The first-order chi connectivity index (χ1) is 10.0. The normalized spacial score (nSPS) is 13.5. The third-order valence-electron chi connectivity index (χ3n) is 3.74. The first kappa shape index (κ1) is 17.3. The molecule has 1 rings (SSSR count). The Bertz CT molecular complexity index is 499. The molecule has 0 saturated carbocycles. The van der Waals surface area contributed by atoms with Crippen molar-refractivity contribution in [1.29, 1.82) is 5.26 Å². The van der Waals surface area contributed by atoms with Gasteiger partial charge in [-0.15, -0.1) is 0 Å². The molecule has 4 nitrogen and oxygen atoms in total. The van der Waals surface area contributed by atoms with Gasteiger partial charge in [-0.2, -0.15) is 5.26 Å². The molecule has 0 aromatic carbocycles. The molecule has 1 aromatic heterocycles. The van der Waals surface area contributed by atoms with Crippen LogP contribution in [0, 0.1) is 31.1 Å². The van der Waals surface area contributed by atoms with Crippen molar-refractivity contribution in [2.75, 3.05) is 0 Å².